The molecule has 5 rings (SSSR count). The van der Waals surface area contributed by atoms with Crippen molar-refractivity contribution < 1.29 is 14.1 Å². The molecule has 0 saturated carbocycles. The van der Waals surface area contributed by atoms with Gasteiger partial charge < -0.3 is 14.2 Å². The summed E-state index contributed by atoms with van der Waals surface area (Å²) in [6.45, 7) is 5.28. The Morgan fingerprint density at radius 1 is 1.03 bits per heavy atom. The fourth-order valence-electron chi connectivity index (χ4n) is 5.02. The lowest BCUT2D eigenvalue weighted by Gasteiger charge is -2.41. The number of carbonyl (C=O) groups is 1. The van der Waals surface area contributed by atoms with E-state index in [-0.39, 0.29) is 12.0 Å². The van der Waals surface area contributed by atoms with Crippen molar-refractivity contribution in [3.63, 3.8) is 0 Å². The van der Waals surface area contributed by atoms with Crippen molar-refractivity contribution in [2.75, 3.05) is 26.2 Å². The Hall–Kier alpha value is -2.90. The molecule has 8 heteroatoms. The maximum Gasteiger partial charge on any atom is 0.259 e. The number of piperidine rings is 2. The highest BCUT2D eigenvalue weighted by molar-refractivity contribution is 6.33. The predicted molar refractivity (Wildman–Crippen MR) is 130 cm³/mol. The highest BCUT2D eigenvalue weighted by Crippen LogP contribution is 2.32. The maximum absolute atomic E-state index is 13.4. The van der Waals surface area contributed by atoms with Crippen LogP contribution in [-0.4, -0.2) is 64.2 Å². The van der Waals surface area contributed by atoms with Gasteiger partial charge in [0.25, 0.3) is 5.91 Å². The first-order valence-electron chi connectivity index (χ1n) is 11.9. The number of hydrogen-bond donors (Lipinski definition) is 0. The minimum Gasteiger partial charge on any atom is -0.490 e. The summed E-state index contributed by atoms with van der Waals surface area (Å²) < 4.78 is 11.5. The largest absolute Gasteiger partial charge is 0.490 e. The highest BCUT2D eigenvalue weighted by atomic mass is 35.5. The molecule has 7 nitrogen and oxygen atoms in total. The first-order chi connectivity index (χ1) is 16.6. The Morgan fingerprint density at radius 2 is 1.74 bits per heavy atom. The van der Waals surface area contributed by atoms with Crippen molar-refractivity contribution in [2.45, 2.75) is 44.8 Å². The lowest BCUT2D eigenvalue weighted by molar-refractivity contribution is 0.0425. The van der Waals surface area contributed by atoms with E-state index in [1.54, 1.807) is 25.4 Å². The molecule has 0 spiro atoms. The van der Waals surface area contributed by atoms with Gasteiger partial charge in [-0.2, -0.15) is 0 Å². The first-order valence-corrected chi connectivity index (χ1v) is 12.3. The zero-order chi connectivity index (χ0) is 23.5. The summed E-state index contributed by atoms with van der Waals surface area (Å²) in [7, 11) is 0. The Balaban J connectivity index is 1.17. The van der Waals surface area contributed by atoms with Crippen LogP contribution in [-0.2, 0) is 0 Å². The molecule has 0 aliphatic carbocycles. The standard InChI is InChI=1S/C26H29ClN4O3/c1-18-24(25(29-34-18)22-4-2-3-5-23(22)27)26(32)31-14-8-19(9-15-31)30-16-10-21(11-17-30)33-20-6-12-28-13-7-20/h2-7,12-13,19,21H,8-11,14-17H2,1H3. The number of carbonyl (C=O) groups excluding carboxylic acids is 1. The van der Waals surface area contributed by atoms with Gasteiger partial charge in [0.2, 0.25) is 0 Å². The van der Waals surface area contributed by atoms with E-state index < -0.39 is 0 Å². The fourth-order valence-corrected chi connectivity index (χ4v) is 5.25. The average molecular weight is 481 g/mol. The molecular formula is C26H29ClN4O3. The van der Waals surface area contributed by atoms with Gasteiger partial charge in [0.15, 0.2) is 0 Å². The predicted octanol–water partition coefficient (Wildman–Crippen LogP) is 4.85. The molecular weight excluding hydrogens is 452 g/mol. The number of halogens is 1. The van der Waals surface area contributed by atoms with Crippen LogP contribution < -0.4 is 4.74 Å². The van der Waals surface area contributed by atoms with Crippen LogP contribution in [0.15, 0.2) is 53.3 Å². The number of aryl methyl sites for hydroxylation is 1. The van der Waals surface area contributed by atoms with Gasteiger partial charge in [0.05, 0.1) is 5.02 Å². The van der Waals surface area contributed by atoms with Crippen molar-refractivity contribution in [1.82, 2.24) is 19.9 Å². The van der Waals surface area contributed by atoms with Crippen LogP contribution in [0.1, 0.15) is 41.8 Å². The SMILES string of the molecule is Cc1onc(-c2ccccc2Cl)c1C(=O)N1CCC(N2CCC(Oc3ccncc3)CC2)CC1. The van der Waals surface area contributed by atoms with Crippen LogP contribution in [0.5, 0.6) is 5.75 Å². The summed E-state index contributed by atoms with van der Waals surface area (Å²) in [5.41, 5.74) is 1.75. The van der Waals surface area contributed by atoms with E-state index in [1.807, 2.05) is 35.2 Å². The van der Waals surface area contributed by atoms with E-state index in [2.05, 4.69) is 15.0 Å². The first kappa shape index (κ1) is 22.9. The van der Waals surface area contributed by atoms with Gasteiger partial charge >= 0.3 is 0 Å². The van der Waals surface area contributed by atoms with E-state index in [0.29, 0.717) is 28.1 Å². The Labute approximate surface area is 204 Å². The number of pyridine rings is 1. The Bertz CT molecular complexity index is 1120. The normalized spacial score (nSPS) is 18.2. The number of amides is 1. The lowest BCUT2D eigenvalue weighted by atomic mass is 9.97. The Kier molecular flexibility index (Phi) is 6.83. The number of nitrogens with zero attached hydrogens (tertiary/aromatic N) is 4. The molecule has 2 aromatic heterocycles. The highest BCUT2D eigenvalue weighted by Gasteiger charge is 2.33. The van der Waals surface area contributed by atoms with Gasteiger partial charge in [0, 0.05) is 50.2 Å². The van der Waals surface area contributed by atoms with Crippen molar-refractivity contribution in [2.24, 2.45) is 0 Å². The van der Waals surface area contributed by atoms with Gasteiger partial charge in [-0.15, -0.1) is 0 Å². The number of likely N-dealkylation sites (tertiary alicyclic amines) is 2. The van der Waals surface area contributed by atoms with Crippen LogP contribution in [0.4, 0.5) is 0 Å². The molecule has 2 fully saturated rings. The minimum absolute atomic E-state index is 0.0309. The van der Waals surface area contributed by atoms with E-state index >= 15 is 0 Å². The minimum atomic E-state index is -0.0309. The zero-order valence-corrected chi connectivity index (χ0v) is 20.1. The molecule has 3 aromatic rings. The van der Waals surface area contributed by atoms with Crippen molar-refractivity contribution in [3.8, 4) is 17.0 Å². The maximum atomic E-state index is 13.4. The van der Waals surface area contributed by atoms with Crippen LogP contribution in [0.2, 0.25) is 5.02 Å². The smallest absolute Gasteiger partial charge is 0.259 e. The molecule has 0 N–H and O–H groups in total. The summed E-state index contributed by atoms with van der Waals surface area (Å²) in [6, 6.07) is 11.7. The number of hydrogen-bond acceptors (Lipinski definition) is 6. The quantitative estimate of drug-likeness (QED) is 0.520. The zero-order valence-electron chi connectivity index (χ0n) is 19.3. The fraction of sp³-hybridized carbons (Fsp3) is 0.423. The van der Waals surface area contributed by atoms with Gasteiger partial charge in [-0.25, -0.2) is 0 Å². The summed E-state index contributed by atoms with van der Waals surface area (Å²) in [5.74, 6) is 1.38. The summed E-state index contributed by atoms with van der Waals surface area (Å²) >= 11 is 6.37. The summed E-state index contributed by atoms with van der Waals surface area (Å²) in [4.78, 5) is 22.0. The molecule has 1 aromatic carbocycles. The van der Waals surface area contributed by atoms with Crippen molar-refractivity contribution in [1.29, 1.82) is 0 Å². The molecule has 178 valence electrons. The lowest BCUT2D eigenvalue weighted by Crippen LogP contribution is -2.50. The van der Waals surface area contributed by atoms with E-state index in [4.69, 9.17) is 20.9 Å². The molecule has 2 aliphatic rings. The second-order valence-corrected chi connectivity index (χ2v) is 9.41. The van der Waals surface area contributed by atoms with E-state index in [9.17, 15) is 4.79 Å². The van der Waals surface area contributed by atoms with Gasteiger partial charge in [0.1, 0.15) is 28.9 Å². The molecule has 0 atom stereocenters. The van der Waals surface area contributed by atoms with Gasteiger partial charge in [-0.1, -0.05) is 35.0 Å². The van der Waals surface area contributed by atoms with Crippen LogP contribution in [0.25, 0.3) is 11.3 Å². The summed E-state index contributed by atoms with van der Waals surface area (Å²) in [5, 5.41) is 4.71. The van der Waals surface area contributed by atoms with Crippen molar-refractivity contribution in [3.05, 3.63) is 65.1 Å². The number of aromatic nitrogens is 2. The third kappa shape index (κ3) is 4.81. The second kappa shape index (κ2) is 10.2. The van der Waals surface area contributed by atoms with Crippen molar-refractivity contribution >= 4 is 17.5 Å². The van der Waals surface area contributed by atoms with E-state index in [0.717, 1.165) is 63.2 Å². The third-order valence-electron chi connectivity index (χ3n) is 6.90. The van der Waals surface area contributed by atoms with Crippen LogP contribution in [0, 0.1) is 6.92 Å². The van der Waals surface area contributed by atoms with Gasteiger partial charge in [-0.05, 0) is 50.8 Å². The molecule has 0 bridgehead atoms. The molecule has 2 aliphatic heterocycles. The molecule has 4 heterocycles. The number of benzene rings is 1. The van der Waals surface area contributed by atoms with Crippen LogP contribution in [0.3, 0.4) is 0 Å². The number of ether oxygens (including phenoxy) is 1. The molecule has 34 heavy (non-hydrogen) atoms. The molecule has 0 unspecified atom stereocenters. The number of rotatable bonds is 5. The average Bonchev–Trinajstić information content (AvgIpc) is 3.26. The van der Waals surface area contributed by atoms with E-state index in [1.165, 1.54) is 0 Å². The van der Waals surface area contributed by atoms with Gasteiger partial charge in [-0.3, -0.25) is 14.7 Å². The monoisotopic (exact) mass is 480 g/mol. The Morgan fingerprint density at radius 3 is 2.44 bits per heavy atom. The summed E-state index contributed by atoms with van der Waals surface area (Å²) in [6.07, 6.45) is 7.74. The third-order valence-corrected chi connectivity index (χ3v) is 7.23. The molecule has 1 amide bonds. The molecule has 0 radical (unpaired) electrons. The molecule has 2 saturated heterocycles. The van der Waals surface area contributed by atoms with Crippen LogP contribution >= 0.6 is 11.6 Å². The topological polar surface area (TPSA) is 71.7 Å². The second-order valence-electron chi connectivity index (χ2n) is 9.00.